The first-order valence-electron chi connectivity index (χ1n) is 6.10. The Kier molecular flexibility index (Phi) is 9.64. The fraction of sp³-hybridized carbons (Fsp3) is 0.833. The molecular weight excluding hydrogens is 220 g/mol. The van der Waals surface area contributed by atoms with Gasteiger partial charge < -0.3 is 13.3 Å². The van der Waals surface area contributed by atoms with Crippen molar-refractivity contribution in [3.8, 4) is 12.3 Å². The lowest BCUT2D eigenvalue weighted by Gasteiger charge is -2.27. The van der Waals surface area contributed by atoms with E-state index in [9.17, 15) is 0 Å². The molecule has 0 unspecified atom stereocenters. The normalized spacial score (nSPS) is 11.4. The van der Waals surface area contributed by atoms with Crippen LogP contribution in [0.3, 0.4) is 0 Å². The Bertz CT molecular complexity index is 179. The van der Waals surface area contributed by atoms with Gasteiger partial charge in [0.25, 0.3) is 0 Å². The van der Waals surface area contributed by atoms with Gasteiger partial charge in [-0.25, -0.2) is 0 Å². The molecular formula is C12H24O3Si. The summed E-state index contributed by atoms with van der Waals surface area (Å²) in [7, 11) is -2.59. The maximum absolute atomic E-state index is 5.78. The molecule has 0 amide bonds. The number of hydrogen-bond acceptors (Lipinski definition) is 3. The van der Waals surface area contributed by atoms with Crippen LogP contribution in [-0.4, -0.2) is 28.6 Å². The minimum absolute atomic E-state index is 0.465. The zero-order chi connectivity index (χ0) is 12.3. The Labute approximate surface area is 101 Å². The zero-order valence-electron chi connectivity index (χ0n) is 10.8. The fourth-order valence-electron chi connectivity index (χ4n) is 1.18. The van der Waals surface area contributed by atoms with E-state index in [1.165, 1.54) is 0 Å². The molecule has 0 N–H and O–H groups in total. The Hall–Kier alpha value is -0.343. The molecule has 4 heteroatoms. The van der Waals surface area contributed by atoms with Crippen molar-refractivity contribution >= 4 is 8.80 Å². The first-order chi connectivity index (χ1) is 7.74. The molecule has 16 heavy (non-hydrogen) atoms. The molecule has 0 bridgehead atoms. The molecule has 0 aromatic rings. The number of terminal acetylenes is 1. The summed E-state index contributed by atoms with van der Waals surface area (Å²) in [5.74, 6) is 2.62. The van der Waals surface area contributed by atoms with E-state index in [0.29, 0.717) is 25.9 Å². The van der Waals surface area contributed by atoms with Gasteiger partial charge in [-0.3, -0.25) is 0 Å². The molecule has 0 aromatic heterocycles. The highest BCUT2D eigenvalue weighted by Crippen LogP contribution is 2.16. The molecule has 0 fully saturated rings. The van der Waals surface area contributed by atoms with Crippen LogP contribution in [0.2, 0.25) is 6.04 Å². The van der Waals surface area contributed by atoms with Crippen molar-refractivity contribution in [2.45, 2.75) is 46.1 Å². The summed E-state index contributed by atoms with van der Waals surface area (Å²) in [5, 5.41) is 0. The third-order valence-corrected chi connectivity index (χ3v) is 4.47. The van der Waals surface area contributed by atoms with E-state index in [1.807, 2.05) is 0 Å². The van der Waals surface area contributed by atoms with Crippen molar-refractivity contribution < 1.29 is 13.3 Å². The highest BCUT2D eigenvalue weighted by atomic mass is 28.4. The van der Waals surface area contributed by atoms with Crippen LogP contribution < -0.4 is 0 Å². The van der Waals surface area contributed by atoms with Crippen LogP contribution >= 0.6 is 0 Å². The van der Waals surface area contributed by atoms with Crippen LogP contribution in [0.5, 0.6) is 0 Å². The number of hydrogen-bond donors (Lipinski definition) is 0. The van der Waals surface area contributed by atoms with Crippen molar-refractivity contribution in [3.05, 3.63) is 0 Å². The first kappa shape index (κ1) is 15.7. The van der Waals surface area contributed by atoms with Gasteiger partial charge in [0.15, 0.2) is 0 Å². The average molecular weight is 244 g/mol. The van der Waals surface area contributed by atoms with Crippen LogP contribution in [0, 0.1) is 12.3 Å². The van der Waals surface area contributed by atoms with E-state index < -0.39 is 8.80 Å². The maximum atomic E-state index is 5.78. The van der Waals surface area contributed by atoms with Gasteiger partial charge in [-0.15, -0.1) is 12.3 Å². The van der Waals surface area contributed by atoms with Crippen molar-refractivity contribution in [1.29, 1.82) is 0 Å². The van der Waals surface area contributed by atoms with Crippen molar-refractivity contribution in [2.24, 2.45) is 0 Å². The van der Waals surface area contributed by atoms with Gasteiger partial charge in [0.2, 0.25) is 0 Å². The predicted octanol–water partition coefficient (Wildman–Crippen LogP) is 2.84. The summed E-state index contributed by atoms with van der Waals surface area (Å²) >= 11 is 0. The summed E-state index contributed by atoms with van der Waals surface area (Å²) in [5.41, 5.74) is 0. The van der Waals surface area contributed by atoms with E-state index in [4.69, 9.17) is 19.7 Å². The summed E-state index contributed by atoms with van der Waals surface area (Å²) in [4.78, 5) is 0. The molecule has 0 aliphatic carbocycles. The fourth-order valence-corrected chi connectivity index (χ4v) is 3.53. The Morgan fingerprint density at radius 2 is 1.25 bits per heavy atom. The minimum atomic E-state index is -2.59. The van der Waals surface area contributed by atoms with Crippen LogP contribution in [-0.2, 0) is 13.3 Å². The maximum Gasteiger partial charge on any atom is 0.513 e. The topological polar surface area (TPSA) is 27.7 Å². The van der Waals surface area contributed by atoms with Crippen molar-refractivity contribution in [1.82, 2.24) is 0 Å². The molecule has 0 rings (SSSR count). The van der Waals surface area contributed by atoms with E-state index in [-0.39, 0.29) is 0 Å². The summed E-state index contributed by atoms with van der Waals surface area (Å²) < 4.78 is 17.3. The lowest BCUT2D eigenvalue weighted by Crippen LogP contribution is -2.46. The van der Waals surface area contributed by atoms with E-state index in [2.05, 4.69) is 26.7 Å². The molecule has 0 saturated carbocycles. The third kappa shape index (κ3) is 6.29. The Balaban J connectivity index is 4.39. The van der Waals surface area contributed by atoms with Crippen molar-refractivity contribution in [2.75, 3.05) is 19.8 Å². The van der Waals surface area contributed by atoms with Crippen LogP contribution in [0.4, 0.5) is 0 Å². The van der Waals surface area contributed by atoms with Gasteiger partial charge in [0.1, 0.15) is 0 Å². The molecule has 94 valence electrons. The second kappa shape index (κ2) is 9.85. The second-order valence-corrected chi connectivity index (χ2v) is 6.19. The van der Waals surface area contributed by atoms with Gasteiger partial charge in [-0.1, -0.05) is 20.8 Å². The standard InChI is InChI=1S/C12H24O3Si/c1-5-9-13-16(12-8-4,14-10-6-2)15-11-7-3/h4H,5-7,9-12H2,1-3H3. The summed E-state index contributed by atoms with van der Waals surface area (Å²) in [6.07, 6.45) is 8.22. The molecule has 0 radical (unpaired) electrons. The highest BCUT2D eigenvalue weighted by Gasteiger charge is 2.40. The Morgan fingerprint density at radius 3 is 1.50 bits per heavy atom. The quantitative estimate of drug-likeness (QED) is 0.437. The van der Waals surface area contributed by atoms with E-state index in [1.54, 1.807) is 0 Å². The zero-order valence-corrected chi connectivity index (χ0v) is 11.8. The molecule has 0 aliphatic rings. The largest absolute Gasteiger partial charge is 0.513 e. The van der Waals surface area contributed by atoms with Gasteiger partial charge >= 0.3 is 8.80 Å². The Morgan fingerprint density at radius 1 is 0.875 bits per heavy atom. The van der Waals surface area contributed by atoms with Crippen LogP contribution in [0.1, 0.15) is 40.0 Å². The van der Waals surface area contributed by atoms with Crippen LogP contribution in [0.25, 0.3) is 0 Å². The lowest BCUT2D eigenvalue weighted by molar-refractivity contribution is 0.0625. The lowest BCUT2D eigenvalue weighted by atomic mass is 10.5. The predicted molar refractivity (Wildman–Crippen MR) is 68.1 cm³/mol. The monoisotopic (exact) mass is 244 g/mol. The van der Waals surface area contributed by atoms with Crippen molar-refractivity contribution in [3.63, 3.8) is 0 Å². The molecule has 0 heterocycles. The first-order valence-corrected chi connectivity index (χ1v) is 8.03. The molecule has 0 atom stereocenters. The minimum Gasteiger partial charge on any atom is -0.373 e. The second-order valence-electron chi connectivity index (χ2n) is 3.61. The van der Waals surface area contributed by atoms with Gasteiger partial charge in [-0.05, 0) is 19.3 Å². The van der Waals surface area contributed by atoms with Gasteiger partial charge in [-0.2, -0.15) is 0 Å². The van der Waals surface area contributed by atoms with Crippen LogP contribution in [0.15, 0.2) is 0 Å². The van der Waals surface area contributed by atoms with E-state index in [0.717, 1.165) is 19.3 Å². The summed E-state index contributed by atoms with van der Waals surface area (Å²) in [6, 6.07) is 0.465. The molecule has 0 aliphatic heterocycles. The summed E-state index contributed by atoms with van der Waals surface area (Å²) in [6.45, 7) is 8.15. The molecule has 0 saturated heterocycles. The smallest absolute Gasteiger partial charge is 0.373 e. The molecule has 0 spiro atoms. The third-order valence-electron chi connectivity index (χ3n) is 1.90. The molecule has 3 nitrogen and oxygen atoms in total. The van der Waals surface area contributed by atoms with E-state index >= 15 is 0 Å². The molecule has 0 aromatic carbocycles. The van der Waals surface area contributed by atoms with Gasteiger partial charge in [0, 0.05) is 19.8 Å². The SMILES string of the molecule is C#CC[Si](OCCC)(OCCC)OCCC. The highest BCUT2D eigenvalue weighted by molar-refractivity contribution is 6.61. The van der Waals surface area contributed by atoms with Gasteiger partial charge in [0.05, 0.1) is 6.04 Å². The number of rotatable bonds is 10. The average Bonchev–Trinajstić information content (AvgIpc) is 2.31.